The maximum atomic E-state index is 14.1. The average Bonchev–Trinajstić information content (AvgIpc) is 3.29. The van der Waals surface area contributed by atoms with Crippen molar-refractivity contribution in [2.45, 2.75) is 43.1 Å². The lowest BCUT2D eigenvalue weighted by Gasteiger charge is -2.16. The van der Waals surface area contributed by atoms with Gasteiger partial charge in [-0.1, -0.05) is 0 Å². The summed E-state index contributed by atoms with van der Waals surface area (Å²) in [5.41, 5.74) is 0.145. The summed E-state index contributed by atoms with van der Waals surface area (Å²) in [6.07, 6.45) is 4.44. The highest BCUT2D eigenvalue weighted by Gasteiger charge is 2.30. The number of rotatable bonds is 6. The number of amides is 1. The molecular weight excluding hydrogens is 347 g/mol. The first-order chi connectivity index (χ1) is 12.0. The molecule has 0 bridgehead atoms. The van der Waals surface area contributed by atoms with E-state index >= 15 is 0 Å². The Morgan fingerprint density at radius 3 is 2.72 bits per heavy atom. The number of nitrogens with zero attached hydrogens (tertiary/aromatic N) is 1. The highest BCUT2D eigenvalue weighted by molar-refractivity contribution is 7.89. The van der Waals surface area contributed by atoms with Crippen LogP contribution in [0, 0.1) is 5.82 Å². The van der Waals surface area contributed by atoms with Crippen LogP contribution in [0.4, 0.5) is 4.39 Å². The van der Waals surface area contributed by atoms with Gasteiger partial charge in [-0.05, 0) is 50.3 Å². The van der Waals surface area contributed by atoms with Gasteiger partial charge in [-0.2, -0.15) is 4.31 Å². The van der Waals surface area contributed by atoms with Gasteiger partial charge in [-0.3, -0.25) is 4.79 Å². The fourth-order valence-electron chi connectivity index (χ4n) is 3.23. The molecule has 2 heterocycles. The molecule has 1 aromatic rings. The molecule has 25 heavy (non-hydrogen) atoms. The first kappa shape index (κ1) is 18.3. The van der Waals surface area contributed by atoms with Crippen LogP contribution in [0.1, 0.15) is 42.5 Å². The third kappa shape index (κ3) is 4.19. The van der Waals surface area contributed by atoms with Gasteiger partial charge in [0.25, 0.3) is 5.91 Å². The Kier molecular flexibility index (Phi) is 5.71. The molecule has 2 aliphatic rings. The van der Waals surface area contributed by atoms with Gasteiger partial charge >= 0.3 is 0 Å². The fraction of sp³-hybridized carbons (Fsp3) is 0.588. The Morgan fingerprint density at radius 2 is 2.04 bits per heavy atom. The fourth-order valence-corrected chi connectivity index (χ4v) is 4.84. The van der Waals surface area contributed by atoms with Gasteiger partial charge in [0.1, 0.15) is 10.7 Å². The largest absolute Gasteiger partial charge is 0.378 e. The summed E-state index contributed by atoms with van der Waals surface area (Å²) in [6.45, 7) is 1.97. The van der Waals surface area contributed by atoms with Crippen molar-refractivity contribution in [3.05, 3.63) is 29.6 Å². The predicted molar refractivity (Wildman–Crippen MR) is 90.3 cm³/mol. The van der Waals surface area contributed by atoms with E-state index in [1.165, 1.54) is 10.4 Å². The molecule has 2 saturated heterocycles. The van der Waals surface area contributed by atoms with Crippen LogP contribution in [0.2, 0.25) is 0 Å². The van der Waals surface area contributed by atoms with Gasteiger partial charge in [0.2, 0.25) is 10.0 Å². The Hall–Kier alpha value is -1.51. The second-order valence-corrected chi connectivity index (χ2v) is 8.34. The van der Waals surface area contributed by atoms with Gasteiger partial charge in [0.05, 0.1) is 6.10 Å². The van der Waals surface area contributed by atoms with Crippen LogP contribution < -0.4 is 5.32 Å². The lowest BCUT2D eigenvalue weighted by Crippen LogP contribution is -2.30. The molecule has 1 unspecified atom stereocenters. The van der Waals surface area contributed by atoms with Crippen molar-refractivity contribution in [2.75, 3.05) is 26.2 Å². The number of carbonyl (C=O) groups is 1. The molecule has 6 nitrogen and oxygen atoms in total. The van der Waals surface area contributed by atoms with Gasteiger partial charge in [0, 0.05) is 31.8 Å². The molecule has 1 amide bonds. The van der Waals surface area contributed by atoms with E-state index in [0.717, 1.165) is 44.4 Å². The molecule has 0 aromatic heterocycles. The molecule has 1 aromatic carbocycles. The Labute approximate surface area is 147 Å². The molecule has 0 radical (unpaired) electrons. The molecule has 1 atom stereocenters. The molecule has 3 rings (SSSR count). The Morgan fingerprint density at radius 1 is 1.28 bits per heavy atom. The van der Waals surface area contributed by atoms with Gasteiger partial charge in [-0.25, -0.2) is 12.8 Å². The summed E-state index contributed by atoms with van der Waals surface area (Å²) in [5.74, 6) is -1.24. The van der Waals surface area contributed by atoms with Crippen molar-refractivity contribution in [3.8, 4) is 0 Å². The van der Waals surface area contributed by atoms with E-state index < -0.39 is 26.6 Å². The zero-order valence-corrected chi connectivity index (χ0v) is 14.9. The maximum absolute atomic E-state index is 14.1. The first-order valence-electron chi connectivity index (χ1n) is 8.68. The summed E-state index contributed by atoms with van der Waals surface area (Å²) in [5, 5.41) is 2.74. The van der Waals surface area contributed by atoms with Crippen LogP contribution in [0.15, 0.2) is 23.1 Å². The van der Waals surface area contributed by atoms with E-state index in [1.54, 1.807) is 0 Å². The van der Waals surface area contributed by atoms with Crippen LogP contribution in [0.5, 0.6) is 0 Å². The molecule has 1 N–H and O–H groups in total. The number of ether oxygens (including phenoxy) is 1. The maximum Gasteiger partial charge on any atom is 0.251 e. The van der Waals surface area contributed by atoms with Crippen molar-refractivity contribution in [2.24, 2.45) is 0 Å². The number of halogens is 1. The number of sulfonamides is 1. The van der Waals surface area contributed by atoms with Crippen LogP contribution in [-0.2, 0) is 14.8 Å². The lowest BCUT2D eigenvalue weighted by molar-refractivity contribution is 0.0907. The molecule has 2 fully saturated rings. The smallest absolute Gasteiger partial charge is 0.251 e. The minimum atomic E-state index is -3.90. The van der Waals surface area contributed by atoms with Crippen molar-refractivity contribution in [1.29, 1.82) is 0 Å². The average molecular weight is 370 g/mol. The van der Waals surface area contributed by atoms with Gasteiger partial charge in [-0.15, -0.1) is 0 Å². The summed E-state index contributed by atoms with van der Waals surface area (Å²) < 4.78 is 46.0. The molecule has 0 aliphatic carbocycles. The van der Waals surface area contributed by atoms with E-state index in [4.69, 9.17) is 4.74 Å². The molecule has 0 spiro atoms. The quantitative estimate of drug-likeness (QED) is 0.830. The van der Waals surface area contributed by atoms with Gasteiger partial charge < -0.3 is 10.1 Å². The number of hydrogen-bond acceptors (Lipinski definition) is 4. The third-order valence-electron chi connectivity index (χ3n) is 4.65. The zero-order valence-electron chi connectivity index (χ0n) is 14.0. The minimum Gasteiger partial charge on any atom is -0.378 e. The Balaban J connectivity index is 1.68. The molecule has 2 aliphatic heterocycles. The second-order valence-electron chi connectivity index (χ2n) is 6.44. The van der Waals surface area contributed by atoms with Crippen molar-refractivity contribution < 1.29 is 22.3 Å². The first-order valence-corrected chi connectivity index (χ1v) is 10.1. The second kappa shape index (κ2) is 7.80. The lowest BCUT2D eigenvalue weighted by atomic mass is 10.1. The monoisotopic (exact) mass is 370 g/mol. The van der Waals surface area contributed by atoms with E-state index in [1.807, 2.05) is 0 Å². The summed E-state index contributed by atoms with van der Waals surface area (Å²) in [7, 11) is -3.90. The van der Waals surface area contributed by atoms with E-state index in [-0.39, 0.29) is 11.7 Å². The van der Waals surface area contributed by atoms with E-state index in [9.17, 15) is 17.6 Å². The SMILES string of the molecule is O=C(NCCC1CCCO1)c1ccc(F)c(S(=O)(=O)N2CCCC2)c1. The standard InChI is InChI=1S/C17H23FN2O4S/c18-15-6-5-13(17(21)19-8-7-14-4-3-11-24-14)12-16(15)25(22,23)20-9-1-2-10-20/h5-6,12,14H,1-4,7-11H2,(H,19,21). The number of carbonyl (C=O) groups excluding carboxylic acids is 1. The van der Waals surface area contributed by atoms with Crippen molar-refractivity contribution in [3.63, 3.8) is 0 Å². The van der Waals surface area contributed by atoms with Crippen molar-refractivity contribution >= 4 is 15.9 Å². The molecule has 0 saturated carbocycles. The van der Waals surface area contributed by atoms with E-state index in [0.29, 0.717) is 26.1 Å². The summed E-state index contributed by atoms with van der Waals surface area (Å²) in [6, 6.07) is 3.47. The molecular formula is C17H23FN2O4S. The highest BCUT2D eigenvalue weighted by atomic mass is 32.2. The van der Waals surface area contributed by atoms with Gasteiger partial charge in [0.15, 0.2) is 0 Å². The zero-order chi connectivity index (χ0) is 17.9. The summed E-state index contributed by atoms with van der Waals surface area (Å²) in [4.78, 5) is 11.8. The predicted octanol–water partition coefficient (Wildman–Crippen LogP) is 1.91. The van der Waals surface area contributed by atoms with Crippen LogP contribution >= 0.6 is 0 Å². The number of benzene rings is 1. The Bertz CT molecular complexity index is 726. The van der Waals surface area contributed by atoms with Crippen LogP contribution in [0.3, 0.4) is 0 Å². The topological polar surface area (TPSA) is 75.7 Å². The number of nitrogens with one attached hydrogen (secondary N) is 1. The molecule has 8 heteroatoms. The van der Waals surface area contributed by atoms with Crippen LogP contribution in [-0.4, -0.2) is 51.0 Å². The van der Waals surface area contributed by atoms with E-state index in [2.05, 4.69) is 5.32 Å². The normalized spacial score (nSPS) is 21.6. The van der Waals surface area contributed by atoms with Crippen molar-refractivity contribution in [1.82, 2.24) is 9.62 Å². The minimum absolute atomic E-state index is 0.145. The molecule has 138 valence electrons. The summed E-state index contributed by atoms with van der Waals surface area (Å²) >= 11 is 0. The number of hydrogen-bond donors (Lipinski definition) is 1. The van der Waals surface area contributed by atoms with Crippen LogP contribution in [0.25, 0.3) is 0 Å². The third-order valence-corrected chi connectivity index (χ3v) is 6.57. The highest BCUT2D eigenvalue weighted by Crippen LogP contribution is 2.24.